The summed E-state index contributed by atoms with van der Waals surface area (Å²) in [5, 5.41) is 10.1. The summed E-state index contributed by atoms with van der Waals surface area (Å²) in [6.07, 6.45) is 0. The third-order valence-corrected chi connectivity index (χ3v) is 12.9. The predicted octanol–water partition coefficient (Wildman–Crippen LogP) is 14.3. The molecular weight excluding hydrogens is 743 g/mol. The number of rotatable bonds is 4. The molecule has 0 bridgehead atoms. The average molecular weight is 776 g/mol. The molecular formula is C56H33N5. The molecule has 0 aliphatic rings. The van der Waals surface area contributed by atoms with E-state index in [0.717, 1.165) is 50.4 Å². The highest BCUT2D eigenvalue weighted by atomic mass is 15.0. The van der Waals surface area contributed by atoms with Crippen molar-refractivity contribution in [3.05, 3.63) is 200 Å². The minimum absolute atomic E-state index is 0.859. The molecule has 0 amide bonds. The number of para-hydroxylation sites is 7. The first-order chi connectivity index (χ1) is 30.3. The van der Waals surface area contributed by atoms with E-state index < -0.39 is 0 Å². The van der Waals surface area contributed by atoms with Crippen LogP contribution >= 0.6 is 0 Å². The number of aromatic nitrogens is 5. The molecule has 0 atom stereocenters. The van der Waals surface area contributed by atoms with Gasteiger partial charge in [0.1, 0.15) is 0 Å². The summed E-state index contributed by atoms with van der Waals surface area (Å²) in [5.41, 5.74) is 16.2. The Balaban J connectivity index is 0.985. The lowest BCUT2D eigenvalue weighted by molar-refractivity contribution is 1.18. The van der Waals surface area contributed by atoms with Crippen molar-refractivity contribution in [1.82, 2.24) is 23.5 Å². The van der Waals surface area contributed by atoms with Crippen LogP contribution in [0.3, 0.4) is 0 Å². The van der Waals surface area contributed by atoms with Crippen LogP contribution < -0.4 is 0 Å². The van der Waals surface area contributed by atoms with E-state index in [9.17, 15) is 0 Å². The zero-order valence-electron chi connectivity index (χ0n) is 32.8. The van der Waals surface area contributed by atoms with Gasteiger partial charge in [-0.1, -0.05) is 121 Å². The van der Waals surface area contributed by atoms with Crippen molar-refractivity contribution in [1.29, 1.82) is 0 Å². The van der Waals surface area contributed by atoms with E-state index in [1.807, 2.05) is 12.1 Å². The molecule has 0 unspecified atom stereocenters. The van der Waals surface area contributed by atoms with Crippen molar-refractivity contribution >= 4 is 92.7 Å². The molecule has 61 heavy (non-hydrogen) atoms. The average Bonchev–Trinajstić information content (AvgIpc) is 4.05. The maximum atomic E-state index is 5.34. The van der Waals surface area contributed by atoms with Gasteiger partial charge in [-0.2, -0.15) is 0 Å². The Hall–Kier alpha value is -8.28. The van der Waals surface area contributed by atoms with Gasteiger partial charge in [0.15, 0.2) is 0 Å². The Labute approximate surface area is 348 Å². The van der Waals surface area contributed by atoms with Crippen LogP contribution in [-0.2, 0) is 0 Å². The summed E-state index contributed by atoms with van der Waals surface area (Å²) in [7, 11) is 0. The van der Waals surface area contributed by atoms with E-state index in [-0.39, 0.29) is 0 Å². The molecule has 0 aliphatic heterocycles. The van der Waals surface area contributed by atoms with Crippen LogP contribution in [0.1, 0.15) is 0 Å². The van der Waals surface area contributed by atoms with Gasteiger partial charge in [0.05, 0.1) is 61.0 Å². The highest BCUT2D eigenvalue weighted by molar-refractivity contribution is 6.35. The quantitative estimate of drug-likeness (QED) is 0.179. The van der Waals surface area contributed by atoms with Crippen LogP contribution in [0, 0.1) is 0 Å². The first-order valence-corrected chi connectivity index (χ1v) is 20.8. The molecule has 9 aromatic carbocycles. The van der Waals surface area contributed by atoms with Crippen LogP contribution in [0.2, 0.25) is 0 Å². The highest BCUT2D eigenvalue weighted by Gasteiger charge is 2.24. The van der Waals surface area contributed by atoms with Crippen LogP contribution in [0.4, 0.5) is 0 Å². The zero-order valence-corrected chi connectivity index (χ0v) is 32.8. The fourth-order valence-corrected chi connectivity index (χ4v) is 10.4. The summed E-state index contributed by atoms with van der Waals surface area (Å²) in [6, 6.07) is 72.1. The van der Waals surface area contributed by atoms with Crippen molar-refractivity contribution in [2.75, 3.05) is 0 Å². The van der Waals surface area contributed by atoms with Gasteiger partial charge in [0.2, 0.25) is 0 Å². The lowest BCUT2D eigenvalue weighted by atomic mass is 10.0. The zero-order chi connectivity index (χ0) is 39.8. The van der Waals surface area contributed by atoms with Crippen LogP contribution in [0.15, 0.2) is 200 Å². The topological polar surface area (TPSA) is 40.0 Å². The number of nitrogens with zero attached hydrogens (tertiary/aromatic N) is 5. The third-order valence-electron chi connectivity index (χ3n) is 12.9. The summed E-state index contributed by atoms with van der Waals surface area (Å²) >= 11 is 0. The van der Waals surface area contributed by atoms with E-state index in [0.29, 0.717) is 0 Å². The van der Waals surface area contributed by atoms with Gasteiger partial charge >= 0.3 is 0 Å². The number of hydrogen-bond donors (Lipinski definition) is 0. The lowest BCUT2D eigenvalue weighted by Crippen LogP contribution is -1.97. The van der Waals surface area contributed by atoms with Gasteiger partial charge in [0.25, 0.3) is 0 Å². The molecule has 5 heterocycles. The smallest absolute Gasteiger partial charge is 0.0973 e. The second-order valence-electron chi connectivity index (χ2n) is 16.1. The first kappa shape index (κ1) is 32.7. The van der Waals surface area contributed by atoms with Gasteiger partial charge in [-0.25, -0.2) is 9.97 Å². The largest absolute Gasteiger partial charge is 0.309 e. The van der Waals surface area contributed by atoms with Gasteiger partial charge in [0, 0.05) is 65.6 Å². The predicted molar refractivity (Wildman–Crippen MR) is 254 cm³/mol. The van der Waals surface area contributed by atoms with Crippen molar-refractivity contribution in [2.24, 2.45) is 0 Å². The standard InChI is InChI=1S/C56H33N5/c1-2-14-36(15-3-1)59-46-22-10-4-16-38(46)42-32-35(28-31-50(42)59)55-54(57-44-20-8-9-21-45(44)58-55)34-26-29-37(30-27-34)60-48-24-12-6-18-40(48)52-51(60)33-43-39-17-5-11-23-47(39)61-49-25-13-7-19-41(49)53(52)56(43)61/h1-33H. The minimum atomic E-state index is 0.859. The monoisotopic (exact) mass is 775 g/mol. The molecule has 14 rings (SSSR count). The van der Waals surface area contributed by atoms with Gasteiger partial charge < -0.3 is 13.5 Å². The van der Waals surface area contributed by atoms with Crippen LogP contribution in [0.5, 0.6) is 0 Å². The van der Waals surface area contributed by atoms with E-state index in [4.69, 9.17) is 9.97 Å². The first-order valence-electron chi connectivity index (χ1n) is 20.8. The second kappa shape index (κ2) is 12.1. The van der Waals surface area contributed by atoms with Crippen molar-refractivity contribution in [3.63, 3.8) is 0 Å². The second-order valence-corrected chi connectivity index (χ2v) is 16.1. The molecule has 0 spiro atoms. The van der Waals surface area contributed by atoms with Crippen LogP contribution in [0.25, 0.3) is 127 Å². The van der Waals surface area contributed by atoms with E-state index in [1.54, 1.807) is 0 Å². The maximum absolute atomic E-state index is 5.34. The van der Waals surface area contributed by atoms with E-state index in [1.165, 1.54) is 76.2 Å². The fraction of sp³-hybridized carbons (Fsp3) is 0. The van der Waals surface area contributed by atoms with E-state index in [2.05, 4.69) is 202 Å². The molecule has 0 N–H and O–H groups in total. The molecule has 282 valence electrons. The van der Waals surface area contributed by atoms with Crippen molar-refractivity contribution in [2.45, 2.75) is 0 Å². The number of hydrogen-bond acceptors (Lipinski definition) is 2. The Bertz CT molecular complexity index is 4090. The molecule has 0 radical (unpaired) electrons. The molecule has 0 saturated heterocycles. The summed E-state index contributed by atoms with van der Waals surface area (Å²) < 4.78 is 7.27. The van der Waals surface area contributed by atoms with Gasteiger partial charge in [-0.05, 0) is 78.9 Å². The Morgan fingerprint density at radius 2 is 0.770 bits per heavy atom. The highest BCUT2D eigenvalue weighted by Crippen LogP contribution is 2.47. The molecule has 0 saturated carbocycles. The van der Waals surface area contributed by atoms with Gasteiger partial charge in [-0.15, -0.1) is 0 Å². The number of fused-ring (bicyclic) bond motifs is 14. The summed E-state index contributed by atoms with van der Waals surface area (Å²) in [5.74, 6) is 0. The lowest BCUT2D eigenvalue weighted by Gasteiger charge is -2.13. The Morgan fingerprint density at radius 1 is 0.295 bits per heavy atom. The fourth-order valence-electron chi connectivity index (χ4n) is 10.4. The SMILES string of the molecule is c1ccc(-n2c3ccccc3c3cc(-c4nc5ccccc5nc4-c4ccc(-n5c6ccccc6c6c7c8ccccc8n8c9ccccc9c(cc65)c78)cc4)ccc32)cc1. The Morgan fingerprint density at radius 3 is 1.48 bits per heavy atom. The molecule has 14 aromatic rings. The molecule has 5 heteroatoms. The molecule has 0 fully saturated rings. The Kier molecular flexibility index (Phi) is 6.49. The molecule has 5 aromatic heterocycles. The van der Waals surface area contributed by atoms with Crippen molar-refractivity contribution < 1.29 is 0 Å². The third kappa shape index (κ3) is 4.44. The molecule has 5 nitrogen and oxygen atoms in total. The van der Waals surface area contributed by atoms with Crippen LogP contribution in [-0.4, -0.2) is 23.5 Å². The van der Waals surface area contributed by atoms with Crippen molar-refractivity contribution in [3.8, 4) is 33.9 Å². The number of benzene rings is 9. The minimum Gasteiger partial charge on any atom is -0.309 e. The summed E-state index contributed by atoms with van der Waals surface area (Å²) in [4.78, 5) is 10.7. The van der Waals surface area contributed by atoms with E-state index >= 15 is 0 Å². The van der Waals surface area contributed by atoms with Gasteiger partial charge in [-0.3, -0.25) is 0 Å². The summed E-state index contributed by atoms with van der Waals surface area (Å²) in [6.45, 7) is 0. The normalized spacial score (nSPS) is 12.3. The maximum Gasteiger partial charge on any atom is 0.0973 e. The molecule has 0 aliphatic carbocycles.